The summed E-state index contributed by atoms with van der Waals surface area (Å²) in [5.74, 6) is -0.878. The molecule has 1 amide bonds. The molecular weight excluding hydrogens is 394 g/mol. The van der Waals surface area contributed by atoms with Gasteiger partial charge in [0.05, 0.1) is 4.90 Å². The Labute approximate surface area is 160 Å². The van der Waals surface area contributed by atoms with E-state index < -0.39 is 34.0 Å². The third-order valence-corrected chi connectivity index (χ3v) is 6.16. The fourth-order valence-corrected chi connectivity index (χ4v) is 4.13. The van der Waals surface area contributed by atoms with Crippen LogP contribution < -0.4 is 5.32 Å². The Morgan fingerprint density at radius 3 is 2.37 bits per heavy atom. The highest BCUT2D eigenvalue weighted by Crippen LogP contribution is 2.34. The zero-order chi connectivity index (χ0) is 19.6. The summed E-state index contributed by atoms with van der Waals surface area (Å²) in [5, 5.41) is 4.76. The van der Waals surface area contributed by atoms with Crippen LogP contribution in [0.4, 0.5) is 13.9 Å². The van der Waals surface area contributed by atoms with Crippen LogP contribution in [0.3, 0.4) is 0 Å². The summed E-state index contributed by atoms with van der Waals surface area (Å²) in [6.45, 7) is 0. The molecule has 0 aliphatic heterocycles. The highest BCUT2D eigenvalue weighted by molar-refractivity contribution is 7.90. The highest BCUT2D eigenvalue weighted by Gasteiger charge is 2.34. The SMILES string of the molecule is CS(=O)(=O)c1ccc(/C(=C\C2C[C@@H](F)[C@H](F)C2)C(=O)Nc2nccs2)cc1. The number of amides is 1. The number of nitrogens with one attached hydrogen (secondary N) is 1. The van der Waals surface area contributed by atoms with Crippen LogP contribution in [0.1, 0.15) is 18.4 Å². The summed E-state index contributed by atoms with van der Waals surface area (Å²) in [6.07, 6.45) is 1.14. The minimum atomic E-state index is -3.37. The van der Waals surface area contributed by atoms with Gasteiger partial charge in [0.25, 0.3) is 5.91 Å². The number of allylic oxidation sites excluding steroid dienone is 1. The Bertz CT molecular complexity index is 931. The molecule has 144 valence electrons. The molecule has 0 saturated heterocycles. The lowest BCUT2D eigenvalue weighted by atomic mass is 9.98. The molecule has 0 unspecified atom stereocenters. The van der Waals surface area contributed by atoms with Crippen molar-refractivity contribution in [2.75, 3.05) is 11.6 Å². The predicted molar refractivity (Wildman–Crippen MR) is 101 cm³/mol. The molecule has 1 aromatic carbocycles. The van der Waals surface area contributed by atoms with Gasteiger partial charge in [-0.3, -0.25) is 10.1 Å². The predicted octanol–water partition coefficient (Wildman–Crippen LogP) is 3.65. The second-order valence-electron chi connectivity index (χ2n) is 6.43. The van der Waals surface area contributed by atoms with Gasteiger partial charge in [0, 0.05) is 23.4 Å². The maximum Gasteiger partial charge on any atom is 0.257 e. The molecule has 5 nitrogen and oxygen atoms in total. The van der Waals surface area contributed by atoms with Crippen molar-refractivity contribution in [1.82, 2.24) is 4.98 Å². The summed E-state index contributed by atoms with van der Waals surface area (Å²) >= 11 is 1.24. The second-order valence-corrected chi connectivity index (χ2v) is 9.34. The first kappa shape index (κ1) is 19.6. The number of anilines is 1. The number of hydrogen-bond acceptors (Lipinski definition) is 5. The zero-order valence-corrected chi connectivity index (χ0v) is 16.1. The van der Waals surface area contributed by atoms with E-state index in [4.69, 9.17) is 0 Å². The number of alkyl halides is 2. The van der Waals surface area contributed by atoms with Crippen LogP contribution in [0.5, 0.6) is 0 Å². The number of benzene rings is 1. The van der Waals surface area contributed by atoms with Crippen molar-refractivity contribution in [2.24, 2.45) is 5.92 Å². The molecule has 0 radical (unpaired) electrons. The van der Waals surface area contributed by atoms with Gasteiger partial charge in [-0.25, -0.2) is 22.2 Å². The molecule has 1 N–H and O–H groups in total. The Hall–Kier alpha value is -2.13. The third kappa shape index (κ3) is 4.78. The average Bonchev–Trinajstić information content (AvgIpc) is 3.22. The number of sulfone groups is 1. The minimum Gasteiger partial charge on any atom is -0.298 e. The van der Waals surface area contributed by atoms with E-state index in [0.29, 0.717) is 10.7 Å². The van der Waals surface area contributed by atoms with E-state index in [2.05, 4.69) is 10.3 Å². The van der Waals surface area contributed by atoms with Gasteiger partial charge < -0.3 is 0 Å². The zero-order valence-electron chi connectivity index (χ0n) is 14.4. The third-order valence-electron chi connectivity index (χ3n) is 4.34. The standard InChI is InChI=1S/C18H18F2N2O3S2/c1-27(24,25)13-4-2-12(3-5-13)14(8-11-9-15(19)16(20)10-11)17(23)22-18-21-6-7-26-18/h2-8,11,15-16H,9-10H2,1H3,(H,21,22,23)/b14-8+/t15-,16-/m1/s1. The van der Waals surface area contributed by atoms with Gasteiger partial charge in [0.15, 0.2) is 15.0 Å². The van der Waals surface area contributed by atoms with E-state index in [9.17, 15) is 22.0 Å². The van der Waals surface area contributed by atoms with Crippen LogP contribution in [0, 0.1) is 5.92 Å². The largest absolute Gasteiger partial charge is 0.298 e. The number of carbonyl (C=O) groups excluding carboxylic acids is 1. The number of rotatable bonds is 5. The van der Waals surface area contributed by atoms with Gasteiger partial charge in [-0.15, -0.1) is 11.3 Å². The average molecular weight is 412 g/mol. The number of hydrogen-bond donors (Lipinski definition) is 1. The lowest BCUT2D eigenvalue weighted by Gasteiger charge is -2.11. The van der Waals surface area contributed by atoms with E-state index in [1.54, 1.807) is 17.7 Å². The number of halogens is 2. The first-order chi connectivity index (χ1) is 12.7. The van der Waals surface area contributed by atoms with Crippen molar-refractivity contribution in [3.63, 3.8) is 0 Å². The number of thiazole rings is 1. The summed E-state index contributed by atoms with van der Waals surface area (Å²) in [6, 6.07) is 5.83. The molecule has 9 heteroatoms. The van der Waals surface area contributed by atoms with Crippen LogP contribution in [0.2, 0.25) is 0 Å². The molecule has 1 aliphatic rings. The fraction of sp³-hybridized carbons (Fsp3) is 0.333. The van der Waals surface area contributed by atoms with E-state index in [-0.39, 0.29) is 23.3 Å². The molecule has 1 fully saturated rings. The quantitative estimate of drug-likeness (QED) is 0.761. The summed E-state index contributed by atoms with van der Waals surface area (Å²) in [5.41, 5.74) is 0.700. The van der Waals surface area contributed by atoms with Gasteiger partial charge in [0.2, 0.25) is 0 Å². The molecule has 1 aliphatic carbocycles. The Morgan fingerprint density at radius 1 is 1.22 bits per heavy atom. The highest BCUT2D eigenvalue weighted by atomic mass is 32.2. The minimum absolute atomic E-state index is 0.0105. The van der Waals surface area contributed by atoms with Crippen molar-refractivity contribution in [3.8, 4) is 0 Å². The molecule has 2 atom stereocenters. The van der Waals surface area contributed by atoms with Gasteiger partial charge >= 0.3 is 0 Å². The number of aromatic nitrogens is 1. The lowest BCUT2D eigenvalue weighted by Crippen LogP contribution is -2.14. The van der Waals surface area contributed by atoms with Crippen molar-refractivity contribution in [1.29, 1.82) is 0 Å². The molecule has 27 heavy (non-hydrogen) atoms. The smallest absolute Gasteiger partial charge is 0.257 e. The number of carbonyl (C=O) groups is 1. The van der Waals surface area contributed by atoms with Crippen LogP contribution in [0.15, 0.2) is 46.8 Å². The fourth-order valence-electron chi connectivity index (χ4n) is 2.98. The molecule has 2 aromatic rings. The topological polar surface area (TPSA) is 76.1 Å². The number of nitrogens with zero attached hydrogens (tertiary/aromatic N) is 1. The van der Waals surface area contributed by atoms with Crippen molar-refractivity contribution in [2.45, 2.75) is 30.1 Å². The molecule has 1 heterocycles. The molecule has 3 rings (SSSR count). The molecular formula is C18H18F2N2O3S2. The summed E-state index contributed by atoms with van der Waals surface area (Å²) in [4.78, 5) is 16.8. The van der Waals surface area contributed by atoms with Crippen molar-refractivity contribution < 1.29 is 22.0 Å². The van der Waals surface area contributed by atoms with E-state index in [0.717, 1.165) is 6.26 Å². The Kier molecular flexibility index (Phi) is 5.71. The molecule has 0 bridgehead atoms. The Balaban J connectivity index is 1.93. The van der Waals surface area contributed by atoms with Crippen LogP contribution >= 0.6 is 11.3 Å². The lowest BCUT2D eigenvalue weighted by molar-refractivity contribution is -0.111. The maximum absolute atomic E-state index is 13.5. The van der Waals surface area contributed by atoms with Crippen molar-refractivity contribution >= 4 is 37.8 Å². The summed E-state index contributed by atoms with van der Waals surface area (Å²) in [7, 11) is -3.37. The van der Waals surface area contributed by atoms with E-state index in [1.807, 2.05) is 0 Å². The van der Waals surface area contributed by atoms with Gasteiger partial charge in [-0.1, -0.05) is 18.2 Å². The van der Waals surface area contributed by atoms with Gasteiger partial charge in [0.1, 0.15) is 12.3 Å². The molecule has 0 spiro atoms. The molecule has 1 aromatic heterocycles. The van der Waals surface area contributed by atoms with Crippen LogP contribution in [0.25, 0.3) is 5.57 Å². The normalized spacial score (nSPS) is 21.4. The first-order valence-electron chi connectivity index (χ1n) is 8.25. The van der Waals surface area contributed by atoms with E-state index in [1.165, 1.54) is 35.6 Å². The molecule has 1 saturated carbocycles. The summed E-state index contributed by atoms with van der Waals surface area (Å²) < 4.78 is 50.3. The van der Waals surface area contributed by atoms with Crippen LogP contribution in [-0.4, -0.2) is 37.9 Å². The maximum atomic E-state index is 13.5. The van der Waals surface area contributed by atoms with Gasteiger partial charge in [-0.2, -0.15) is 0 Å². The van der Waals surface area contributed by atoms with Crippen molar-refractivity contribution in [3.05, 3.63) is 47.5 Å². The van der Waals surface area contributed by atoms with E-state index >= 15 is 0 Å². The Morgan fingerprint density at radius 2 is 1.85 bits per heavy atom. The monoisotopic (exact) mass is 412 g/mol. The van der Waals surface area contributed by atoms with Gasteiger partial charge in [-0.05, 0) is 36.5 Å². The first-order valence-corrected chi connectivity index (χ1v) is 11.0. The van der Waals surface area contributed by atoms with Crippen LogP contribution in [-0.2, 0) is 14.6 Å². The second kappa shape index (κ2) is 7.85.